The van der Waals surface area contributed by atoms with E-state index in [2.05, 4.69) is 5.32 Å². The summed E-state index contributed by atoms with van der Waals surface area (Å²) in [5, 5.41) is 12.7. The summed E-state index contributed by atoms with van der Waals surface area (Å²) in [7, 11) is 1.58. The SMILES string of the molecule is COc1cccc2c1O[C@@]1(C)C[C@H]2/C(=C(/C)O)C(=O)N1. The number of benzene rings is 1. The molecule has 2 atom stereocenters. The van der Waals surface area contributed by atoms with Gasteiger partial charge in [0.05, 0.1) is 18.4 Å². The van der Waals surface area contributed by atoms with E-state index < -0.39 is 5.72 Å². The van der Waals surface area contributed by atoms with Gasteiger partial charge in [0.2, 0.25) is 0 Å². The van der Waals surface area contributed by atoms with Crippen molar-refractivity contribution in [3.05, 3.63) is 35.1 Å². The minimum absolute atomic E-state index is 0.0465. The van der Waals surface area contributed by atoms with E-state index in [0.29, 0.717) is 23.5 Å². The molecule has 2 N–H and O–H groups in total. The number of rotatable bonds is 1. The normalized spacial score (nSPS) is 29.9. The van der Waals surface area contributed by atoms with Gasteiger partial charge in [-0.25, -0.2) is 0 Å². The molecule has 0 radical (unpaired) electrons. The summed E-state index contributed by atoms with van der Waals surface area (Å²) in [5.74, 6) is 0.844. The Morgan fingerprint density at radius 2 is 2.30 bits per heavy atom. The number of piperidine rings is 1. The standard InChI is InChI=1S/C15H17NO4/c1-8(17)12-10-7-15(2,16-14(12)18)20-13-9(10)5-4-6-11(13)19-3/h4-6,10,17H,7H2,1-3H3,(H,16,18)/b12-8+/t10-,15+/m1/s1. The summed E-state index contributed by atoms with van der Waals surface area (Å²) >= 11 is 0. The molecule has 0 saturated carbocycles. The number of hydrogen-bond acceptors (Lipinski definition) is 4. The second-order valence-electron chi connectivity index (χ2n) is 5.42. The number of para-hydroxylation sites is 1. The van der Waals surface area contributed by atoms with Crippen LogP contribution >= 0.6 is 0 Å². The lowest BCUT2D eigenvalue weighted by atomic mass is 9.78. The number of hydrogen-bond donors (Lipinski definition) is 2. The van der Waals surface area contributed by atoms with E-state index in [1.807, 2.05) is 25.1 Å². The number of amides is 1. The zero-order valence-corrected chi connectivity index (χ0v) is 11.7. The first-order chi connectivity index (χ1) is 9.45. The molecule has 1 aromatic carbocycles. The average Bonchev–Trinajstić information content (AvgIpc) is 2.36. The topological polar surface area (TPSA) is 67.8 Å². The van der Waals surface area contributed by atoms with Gasteiger partial charge in [0.1, 0.15) is 0 Å². The van der Waals surface area contributed by atoms with Gasteiger partial charge in [-0.15, -0.1) is 0 Å². The number of nitrogens with one attached hydrogen (secondary N) is 1. The predicted octanol–water partition coefficient (Wildman–Crippen LogP) is 2.24. The van der Waals surface area contributed by atoms with E-state index in [1.54, 1.807) is 7.11 Å². The zero-order valence-electron chi connectivity index (χ0n) is 11.7. The van der Waals surface area contributed by atoms with E-state index in [1.165, 1.54) is 6.92 Å². The Labute approximate surface area is 117 Å². The highest BCUT2D eigenvalue weighted by molar-refractivity contribution is 5.97. The van der Waals surface area contributed by atoms with Crippen molar-refractivity contribution in [1.82, 2.24) is 5.32 Å². The molecular weight excluding hydrogens is 258 g/mol. The molecule has 2 aliphatic heterocycles. The van der Waals surface area contributed by atoms with Gasteiger partial charge < -0.3 is 19.9 Å². The maximum atomic E-state index is 12.2. The van der Waals surface area contributed by atoms with E-state index in [-0.39, 0.29) is 17.6 Å². The molecule has 2 heterocycles. The number of aliphatic hydroxyl groups is 1. The molecule has 5 nitrogen and oxygen atoms in total. The van der Waals surface area contributed by atoms with Crippen molar-refractivity contribution in [3.8, 4) is 11.5 Å². The van der Waals surface area contributed by atoms with Crippen LogP contribution in [0, 0.1) is 0 Å². The Morgan fingerprint density at radius 1 is 1.55 bits per heavy atom. The molecule has 0 aromatic heterocycles. The highest BCUT2D eigenvalue weighted by Gasteiger charge is 2.48. The predicted molar refractivity (Wildman–Crippen MR) is 72.9 cm³/mol. The number of aliphatic hydroxyl groups excluding tert-OH is 1. The van der Waals surface area contributed by atoms with Crippen molar-refractivity contribution in [2.45, 2.75) is 31.9 Å². The van der Waals surface area contributed by atoms with Gasteiger partial charge in [0.15, 0.2) is 17.2 Å². The van der Waals surface area contributed by atoms with Gasteiger partial charge in [-0.05, 0) is 19.9 Å². The molecule has 106 valence electrons. The summed E-state index contributed by atoms with van der Waals surface area (Å²) in [4.78, 5) is 12.2. The van der Waals surface area contributed by atoms with Crippen LogP contribution in [-0.4, -0.2) is 23.8 Å². The van der Waals surface area contributed by atoms with Crippen LogP contribution in [0.25, 0.3) is 0 Å². The lowest BCUT2D eigenvalue weighted by Gasteiger charge is -2.45. The van der Waals surface area contributed by atoms with Gasteiger partial charge >= 0.3 is 0 Å². The third-order valence-corrected chi connectivity index (χ3v) is 3.89. The van der Waals surface area contributed by atoms with Crippen molar-refractivity contribution < 1.29 is 19.4 Å². The maximum absolute atomic E-state index is 12.2. The first-order valence-electron chi connectivity index (χ1n) is 6.53. The fraction of sp³-hybridized carbons (Fsp3) is 0.400. The molecule has 0 aliphatic carbocycles. The van der Waals surface area contributed by atoms with Crippen LogP contribution in [0.4, 0.5) is 0 Å². The summed E-state index contributed by atoms with van der Waals surface area (Å²) in [6.45, 7) is 3.36. The van der Waals surface area contributed by atoms with Crippen LogP contribution in [0.2, 0.25) is 0 Å². The summed E-state index contributed by atoms with van der Waals surface area (Å²) < 4.78 is 11.3. The number of ether oxygens (including phenoxy) is 2. The number of carbonyl (C=O) groups is 1. The van der Waals surface area contributed by atoms with E-state index >= 15 is 0 Å². The minimum atomic E-state index is -0.775. The fourth-order valence-electron chi connectivity index (χ4n) is 3.06. The van der Waals surface area contributed by atoms with E-state index in [9.17, 15) is 9.90 Å². The molecule has 1 saturated heterocycles. The highest BCUT2D eigenvalue weighted by Crippen LogP contribution is 2.50. The second kappa shape index (κ2) is 4.16. The number of methoxy groups -OCH3 is 1. The molecular formula is C15H17NO4. The molecule has 1 fully saturated rings. The molecule has 1 amide bonds. The first kappa shape index (κ1) is 12.8. The van der Waals surface area contributed by atoms with Crippen molar-refractivity contribution in [1.29, 1.82) is 0 Å². The van der Waals surface area contributed by atoms with Crippen LogP contribution in [0.1, 0.15) is 31.7 Å². The molecule has 1 aromatic rings. The van der Waals surface area contributed by atoms with Gasteiger partial charge in [0, 0.05) is 17.9 Å². The highest BCUT2D eigenvalue weighted by atomic mass is 16.5. The second-order valence-corrected chi connectivity index (χ2v) is 5.42. The quantitative estimate of drug-likeness (QED) is 0.609. The molecule has 5 heteroatoms. The van der Waals surface area contributed by atoms with Crippen LogP contribution in [0.5, 0.6) is 11.5 Å². The Balaban J connectivity index is 2.23. The summed E-state index contributed by atoms with van der Waals surface area (Å²) in [5.41, 5.74) is 0.503. The maximum Gasteiger partial charge on any atom is 0.254 e. The summed E-state index contributed by atoms with van der Waals surface area (Å²) in [6.07, 6.45) is 0.589. The van der Waals surface area contributed by atoms with Gasteiger partial charge in [-0.2, -0.15) is 0 Å². The largest absolute Gasteiger partial charge is 0.512 e. The Bertz CT molecular complexity index is 618. The zero-order chi connectivity index (χ0) is 14.5. The number of fused-ring (bicyclic) bond motifs is 4. The Kier molecular flexibility index (Phi) is 2.67. The molecule has 3 rings (SSSR count). The Morgan fingerprint density at radius 3 is 2.95 bits per heavy atom. The van der Waals surface area contributed by atoms with Crippen LogP contribution in [0.3, 0.4) is 0 Å². The van der Waals surface area contributed by atoms with Crippen molar-refractivity contribution in [3.63, 3.8) is 0 Å². The first-order valence-corrected chi connectivity index (χ1v) is 6.53. The smallest absolute Gasteiger partial charge is 0.254 e. The van der Waals surface area contributed by atoms with Gasteiger partial charge in [0.25, 0.3) is 5.91 Å². The molecule has 0 spiro atoms. The van der Waals surface area contributed by atoms with Crippen molar-refractivity contribution >= 4 is 5.91 Å². The van der Waals surface area contributed by atoms with Gasteiger partial charge in [-0.3, -0.25) is 4.79 Å². The average molecular weight is 275 g/mol. The van der Waals surface area contributed by atoms with Crippen LogP contribution < -0.4 is 14.8 Å². The van der Waals surface area contributed by atoms with Crippen molar-refractivity contribution in [2.24, 2.45) is 0 Å². The number of carbonyl (C=O) groups excluding carboxylic acids is 1. The molecule has 2 aliphatic rings. The third-order valence-electron chi connectivity index (χ3n) is 3.89. The fourth-order valence-corrected chi connectivity index (χ4v) is 3.06. The monoisotopic (exact) mass is 275 g/mol. The number of allylic oxidation sites excluding steroid dienone is 1. The van der Waals surface area contributed by atoms with Gasteiger partial charge in [-0.1, -0.05) is 12.1 Å². The van der Waals surface area contributed by atoms with Crippen molar-refractivity contribution in [2.75, 3.05) is 7.11 Å². The molecule has 20 heavy (non-hydrogen) atoms. The lowest BCUT2D eigenvalue weighted by Crippen LogP contribution is -2.58. The minimum Gasteiger partial charge on any atom is -0.512 e. The molecule has 2 bridgehead atoms. The van der Waals surface area contributed by atoms with E-state index in [4.69, 9.17) is 9.47 Å². The molecule has 0 unspecified atom stereocenters. The van der Waals surface area contributed by atoms with Crippen LogP contribution in [-0.2, 0) is 4.79 Å². The Hall–Kier alpha value is -2.17. The summed E-state index contributed by atoms with van der Waals surface area (Å²) in [6, 6.07) is 5.59. The van der Waals surface area contributed by atoms with E-state index in [0.717, 1.165) is 5.56 Å². The third kappa shape index (κ3) is 1.73. The van der Waals surface area contributed by atoms with Crippen LogP contribution in [0.15, 0.2) is 29.5 Å². The lowest BCUT2D eigenvalue weighted by molar-refractivity contribution is -0.127.